The number of benzene rings is 2. The number of oxazole rings is 1. The largest absolute Gasteiger partial charge is 0.487 e. The van der Waals surface area contributed by atoms with Gasteiger partial charge in [0.25, 0.3) is 0 Å². The molecule has 0 unspecified atom stereocenters. The van der Waals surface area contributed by atoms with Gasteiger partial charge in [-0.3, -0.25) is 9.69 Å². The van der Waals surface area contributed by atoms with Gasteiger partial charge in [0.15, 0.2) is 9.84 Å². The summed E-state index contributed by atoms with van der Waals surface area (Å²) in [6.45, 7) is 3.69. The number of nitrogens with zero attached hydrogens (tertiary/aromatic N) is 2. The first kappa shape index (κ1) is 23.9. The number of aliphatic carboxylic acids is 1. The number of carbonyl (C=O) groups is 1. The molecule has 0 radical (unpaired) electrons. The van der Waals surface area contributed by atoms with Crippen molar-refractivity contribution >= 4 is 15.8 Å². The predicted molar refractivity (Wildman–Crippen MR) is 123 cm³/mol. The minimum absolute atomic E-state index is 0.177. The minimum Gasteiger partial charge on any atom is -0.487 e. The zero-order chi connectivity index (χ0) is 24.3. The lowest BCUT2D eigenvalue weighted by Crippen LogP contribution is -2.49. The van der Waals surface area contributed by atoms with Crippen LogP contribution < -0.4 is 4.74 Å². The highest BCUT2D eigenvalue weighted by molar-refractivity contribution is 7.90. The van der Waals surface area contributed by atoms with Crippen LogP contribution in [0.1, 0.15) is 17.0 Å². The van der Waals surface area contributed by atoms with Crippen molar-refractivity contribution < 1.29 is 32.2 Å². The molecule has 2 aromatic carbocycles. The Balaban J connectivity index is 1.42. The molecule has 1 fully saturated rings. The van der Waals surface area contributed by atoms with Crippen molar-refractivity contribution in [1.29, 1.82) is 0 Å². The van der Waals surface area contributed by atoms with Gasteiger partial charge in [0.1, 0.15) is 29.9 Å². The number of aromatic nitrogens is 1. The Morgan fingerprint density at radius 2 is 2.00 bits per heavy atom. The van der Waals surface area contributed by atoms with Crippen molar-refractivity contribution in [1.82, 2.24) is 9.88 Å². The standard InChI is InChI=1S/C24H26N2O7S/c1-16-21(25-23(33-16)18-6-8-20(9-7-18)34(2,29)30)14-32-19-5-3-4-17(12-19)13-26-10-11-31-15-22(26)24(27)28/h3-9,12,22H,10-11,13-15H2,1-2H3,(H,27,28)/t22-/m0/s1. The van der Waals surface area contributed by atoms with E-state index in [9.17, 15) is 18.3 Å². The Bertz CT molecular complexity index is 1270. The lowest BCUT2D eigenvalue weighted by Gasteiger charge is -2.32. The highest BCUT2D eigenvalue weighted by atomic mass is 32.2. The third-order valence-corrected chi connectivity index (χ3v) is 6.73. The average Bonchev–Trinajstić information content (AvgIpc) is 3.18. The first-order valence-corrected chi connectivity index (χ1v) is 12.6. The summed E-state index contributed by atoms with van der Waals surface area (Å²) < 4.78 is 40.3. The van der Waals surface area contributed by atoms with Crippen LogP contribution in [0.5, 0.6) is 5.75 Å². The van der Waals surface area contributed by atoms with Crippen LogP contribution in [0.4, 0.5) is 0 Å². The van der Waals surface area contributed by atoms with Crippen LogP contribution in [0.3, 0.4) is 0 Å². The van der Waals surface area contributed by atoms with E-state index in [1.165, 1.54) is 12.1 Å². The molecule has 9 nitrogen and oxygen atoms in total. The zero-order valence-corrected chi connectivity index (χ0v) is 19.7. The quantitative estimate of drug-likeness (QED) is 0.512. The molecule has 0 saturated carbocycles. The molecule has 180 valence electrons. The Morgan fingerprint density at radius 3 is 2.71 bits per heavy atom. The van der Waals surface area contributed by atoms with E-state index in [0.717, 1.165) is 11.8 Å². The third-order valence-electron chi connectivity index (χ3n) is 5.61. The van der Waals surface area contributed by atoms with Gasteiger partial charge in [-0.2, -0.15) is 0 Å². The molecule has 0 amide bonds. The fraction of sp³-hybridized carbons (Fsp3) is 0.333. The molecule has 3 aromatic rings. The van der Waals surface area contributed by atoms with Crippen molar-refractivity contribution in [3.05, 3.63) is 65.5 Å². The highest BCUT2D eigenvalue weighted by Gasteiger charge is 2.29. The number of carboxylic acid groups (broad SMARTS) is 1. The molecule has 2 heterocycles. The number of carboxylic acids is 1. The summed E-state index contributed by atoms with van der Waals surface area (Å²) in [6, 6.07) is 13.2. The van der Waals surface area contributed by atoms with Crippen LogP contribution in [0, 0.1) is 6.92 Å². The number of hydrogen-bond donors (Lipinski definition) is 1. The molecular weight excluding hydrogens is 460 g/mol. The third kappa shape index (κ3) is 5.64. The zero-order valence-electron chi connectivity index (χ0n) is 18.9. The molecule has 0 spiro atoms. The summed E-state index contributed by atoms with van der Waals surface area (Å²) in [5, 5.41) is 9.42. The van der Waals surface area contributed by atoms with E-state index >= 15 is 0 Å². The summed E-state index contributed by atoms with van der Waals surface area (Å²) in [5.74, 6) is 0.738. The molecule has 0 aliphatic carbocycles. The summed E-state index contributed by atoms with van der Waals surface area (Å²) in [5.41, 5.74) is 2.24. The molecule has 1 aromatic heterocycles. The van der Waals surface area contributed by atoms with Crippen molar-refractivity contribution in [3.8, 4) is 17.2 Å². The predicted octanol–water partition coefficient (Wildman–Crippen LogP) is 2.92. The van der Waals surface area contributed by atoms with E-state index in [4.69, 9.17) is 13.9 Å². The Hall–Kier alpha value is -3.21. The van der Waals surface area contributed by atoms with E-state index in [-0.39, 0.29) is 18.1 Å². The maximum Gasteiger partial charge on any atom is 0.323 e. The van der Waals surface area contributed by atoms with Gasteiger partial charge in [-0.15, -0.1) is 0 Å². The second-order valence-corrected chi connectivity index (χ2v) is 10.2. The first-order valence-electron chi connectivity index (χ1n) is 10.7. The maximum atomic E-state index is 11.7. The van der Waals surface area contributed by atoms with Gasteiger partial charge in [-0.25, -0.2) is 13.4 Å². The van der Waals surface area contributed by atoms with E-state index in [0.29, 0.717) is 48.4 Å². The lowest BCUT2D eigenvalue weighted by molar-refractivity contribution is -0.150. The number of morpholine rings is 1. The molecule has 1 aliphatic heterocycles. The topological polar surface area (TPSA) is 119 Å². The second kappa shape index (κ2) is 9.96. The van der Waals surface area contributed by atoms with Gasteiger partial charge in [0, 0.05) is 24.9 Å². The monoisotopic (exact) mass is 486 g/mol. The fourth-order valence-electron chi connectivity index (χ4n) is 3.70. The average molecular weight is 487 g/mol. The Kier molecular flexibility index (Phi) is 7.01. The highest BCUT2D eigenvalue weighted by Crippen LogP contribution is 2.25. The molecule has 1 aliphatic rings. The number of ether oxygens (including phenoxy) is 2. The minimum atomic E-state index is -3.27. The second-order valence-electron chi connectivity index (χ2n) is 8.15. The fourth-order valence-corrected chi connectivity index (χ4v) is 4.34. The van der Waals surface area contributed by atoms with Crippen LogP contribution in [0.25, 0.3) is 11.5 Å². The smallest absolute Gasteiger partial charge is 0.323 e. The molecule has 10 heteroatoms. The summed E-state index contributed by atoms with van der Waals surface area (Å²) in [6.07, 6.45) is 1.16. The van der Waals surface area contributed by atoms with E-state index in [1.807, 2.05) is 29.2 Å². The molecule has 1 N–H and O–H groups in total. The lowest BCUT2D eigenvalue weighted by atomic mass is 10.1. The first-order chi connectivity index (χ1) is 16.2. The van der Waals surface area contributed by atoms with Crippen molar-refractivity contribution in [3.63, 3.8) is 0 Å². The van der Waals surface area contributed by atoms with Crippen LogP contribution >= 0.6 is 0 Å². The molecule has 0 bridgehead atoms. The number of hydrogen-bond acceptors (Lipinski definition) is 8. The molecule has 34 heavy (non-hydrogen) atoms. The summed E-state index contributed by atoms with van der Waals surface area (Å²) in [4.78, 5) is 18.1. The van der Waals surface area contributed by atoms with E-state index in [2.05, 4.69) is 4.98 Å². The summed E-state index contributed by atoms with van der Waals surface area (Å²) in [7, 11) is -3.27. The van der Waals surface area contributed by atoms with Crippen LogP contribution in [-0.2, 0) is 32.5 Å². The molecular formula is C24H26N2O7S. The van der Waals surface area contributed by atoms with Gasteiger partial charge < -0.3 is 19.0 Å². The van der Waals surface area contributed by atoms with Gasteiger partial charge in [0.05, 0.1) is 18.1 Å². The molecule has 1 atom stereocenters. The van der Waals surface area contributed by atoms with E-state index < -0.39 is 21.8 Å². The van der Waals surface area contributed by atoms with Gasteiger partial charge >= 0.3 is 5.97 Å². The van der Waals surface area contributed by atoms with Crippen LogP contribution in [-0.4, -0.2) is 61.4 Å². The van der Waals surface area contributed by atoms with Gasteiger partial charge in [-0.1, -0.05) is 12.1 Å². The molecule has 4 rings (SSSR count). The number of aryl methyl sites for hydroxylation is 1. The Morgan fingerprint density at radius 1 is 1.24 bits per heavy atom. The summed E-state index contributed by atoms with van der Waals surface area (Å²) >= 11 is 0. The Labute approximate surface area is 197 Å². The molecule has 1 saturated heterocycles. The maximum absolute atomic E-state index is 11.7. The van der Waals surface area contributed by atoms with Crippen molar-refractivity contribution in [2.45, 2.75) is 31.0 Å². The van der Waals surface area contributed by atoms with Crippen molar-refractivity contribution in [2.75, 3.05) is 26.0 Å². The van der Waals surface area contributed by atoms with Crippen LogP contribution in [0.2, 0.25) is 0 Å². The van der Waals surface area contributed by atoms with Crippen molar-refractivity contribution in [2.24, 2.45) is 0 Å². The SMILES string of the molecule is Cc1oc(-c2ccc(S(C)(=O)=O)cc2)nc1COc1cccc(CN2CCOC[C@H]2C(=O)O)c1. The number of rotatable bonds is 8. The van der Waals surface area contributed by atoms with Gasteiger partial charge in [0.2, 0.25) is 5.89 Å². The number of sulfone groups is 1. The normalized spacial score (nSPS) is 16.9. The van der Waals surface area contributed by atoms with E-state index in [1.54, 1.807) is 19.1 Å². The van der Waals surface area contributed by atoms with Crippen LogP contribution in [0.15, 0.2) is 57.8 Å². The van der Waals surface area contributed by atoms with Gasteiger partial charge in [-0.05, 0) is 48.9 Å².